The third-order valence-electron chi connectivity index (χ3n) is 5.63. The first kappa shape index (κ1) is 22.7. The van der Waals surface area contributed by atoms with Crippen molar-refractivity contribution < 1.29 is 9.59 Å². The van der Waals surface area contributed by atoms with Crippen molar-refractivity contribution in [1.29, 1.82) is 0 Å². The lowest BCUT2D eigenvalue weighted by Crippen LogP contribution is -2.39. The van der Waals surface area contributed by atoms with Crippen molar-refractivity contribution in [2.24, 2.45) is 0 Å². The first-order valence-corrected chi connectivity index (χ1v) is 11.5. The summed E-state index contributed by atoms with van der Waals surface area (Å²) < 4.78 is 0. The summed E-state index contributed by atoms with van der Waals surface area (Å²) in [5, 5.41) is 9.02. The molecule has 0 spiro atoms. The van der Waals surface area contributed by atoms with Crippen LogP contribution >= 0.6 is 11.6 Å². The Bertz CT molecular complexity index is 1070. The summed E-state index contributed by atoms with van der Waals surface area (Å²) in [4.78, 5) is 28.1. The molecule has 1 fully saturated rings. The van der Waals surface area contributed by atoms with E-state index in [9.17, 15) is 9.59 Å². The molecule has 7 heteroatoms. The maximum Gasteiger partial charge on any atom is 0.320 e. The van der Waals surface area contributed by atoms with E-state index in [1.807, 2.05) is 54.6 Å². The van der Waals surface area contributed by atoms with Gasteiger partial charge in [-0.15, -0.1) is 0 Å². The number of hydrogen-bond acceptors (Lipinski definition) is 3. The van der Waals surface area contributed by atoms with Gasteiger partial charge in [0.15, 0.2) is 0 Å². The fraction of sp³-hybridized carbons (Fsp3) is 0.231. The van der Waals surface area contributed by atoms with Crippen molar-refractivity contribution in [3.63, 3.8) is 0 Å². The summed E-state index contributed by atoms with van der Waals surface area (Å²) in [7, 11) is 0. The minimum Gasteiger partial charge on any atom is -0.372 e. The Balaban J connectivity index is 1.44. The average Bonchev–Trinajstić information content (AvgIpc) is 2.85. The van der Waals surface area contributed by atoms with Crippen molar-refractivity contribution in [1.82, 2.24) is 5.32 Å². The molecule has 0 aromatic heterocycles. The van der Waals surface area contributed by atoms with Gasteiger partial charge in [0.05, 0.1) is 0 Å². The van der Waals surface area contributed by atoms with Crippen LogP contribution in [-0.4, -0.2) is 25.0 Å². The van der Waals surface area contributed by atoms with E-state index in [0.29, 0.717) is 22.0 Å². The molecule has 0 radical (unpaired) electrons. The highest BCUT2D eigenvalue weighted by molar-refractivity contribution is 6.30. The van der Waals surface area contributed by atoms with Gasteiger partial charge in [0.1, 0.15) is 6.04 Å². The first-order valence-electron chi connectivity index (χ1n) is 11.1. The maximum atomic E-state index is 13.2. The Morgan fingerprint density at radius 1 is 0.758 bits per heavy atom. The first-order chi connectivity index (χ1) is 16.1. The summed E-state index contributed by atoms with van der Waals surface area (Å²) in [6.07, 6.45) is 3.70. The SMILES string of the molecule is O=C(Nc1ccc(Cl)cc1)NC(C(=O)Nc1ccc(N2CCCCC2)cc1)c1ccccc1. The van der Waals surface area contributed by atoms with Crippen molar-refractivity contribution in [3.05, 3.63) is 89.4 Å². The zero-order valence-electron chi connectivity index (χ0n) is 18.3. The summed E-state index contributed by atoms with van der Waals surface area (Å²) in [5.41, 5.74) is 3.11. The summed E-state index contributed by atoms with van der Waals surface area (Å²) >= 11 is 5.90. The van der Waals surface area contributed by atoms with E-state index >= 15 is 0 Å². The number of halogens is 1. The van der Waals surface area contributed by atoms with E-state index in [1.165, 1.54) is 19.3 Å². The molecule has 1 atom stereocenters. The molecule has 0 aliphatic carbocycles. The highest BCUT2D eigenvalue weighted by atomic mass is 35.5. The van der Waals surface area contributed by atoms with Crippen LogP contribution in [0.3, 0.4) is 0 Å². The lowest BCUT2D eigenvalue weighted by Gasteiger charge is -2.29. The number of hydrogen-bond donors (Lipinski definition) is 3. The molecule has 0 bridgehead atoms. The molecule has 4 rings (SSSR count). The van der Waals surface area contributed by atoms with E-state index in [0.717, 1.165) is 18.8 Å². The summed E-state index contributed by atoms with van der Waals surface area (Å²) in [6, 6.07) is 22.4. The van der Waals surface area contributed by atoms with Crippen LogP contribution in [0.5, 0.6) is 0 Å². The van der Waals surface area contributed by atoms with E-state index < -0.39 is 12.1 Å². The summed E-state index contributed by atoms with van der Waals surface area (Å²) in [6.45, 7) is 2.13. The van der Waals surface area contributed by atoms with Crippen LogP contribution in [0, 0.1) is 0 Å². The number of anilines is 3. The number of amides is 3. The number of rotatable bonds is 6. The summed E-state index contributed by atoms with van der Waals surface area (Å²) in [5.74, 6) is -0.321. The lowest BCUT2D eigenvalue weighted by atomic mass is 10.1. The molecule has 1 heterocycles. The van der Waals surface area contributed by atoms with Gasteiger partial charge in [-0.2, -0.15) is 0 Å². The van der Waals surface area contributed by atoms with Crippen molar-refractivity contribution in [3.8, 4) is 0 Å². The van der Waals surface area contributed by atoms with Crippen molar-refractivity contribution in [2.75, 3.05) is 28.6 Å². The van der Waals surface area contributed by atoms with Crippen LogP contribution in [0.15, 0.2) is 78.9 Å². The topological polar surface area (TPSA) is 73.5 Å². The highest BCUT2D eigenvalue weighted by Crippen LogP contribution is 2.23. The third kappa shape index (κ3) is 6.26. The van der Waals surface area contributed by atoms with Gasteiger partial charge in [-0.3, -0.25) is 4.79 Å². The number of nitrogens with zero attached hydrogens (tertiary/aromatic N) is 1. The molecule has 1 aliphatic rings. The second-order valence-corrected chi connectivity index (χ2v) is 8.47. The van der Waals surface area contributed by atoms with Crippen molar-refractivity contribution >= 4 is 40.6 Å². The smallest absolute Gasteiger partial charge is 0.320 e. The van der Waals surface area contributed by atoms with E-state index in [2.05, 4.69) is 20.9 Å². The molecule has 170 valence electrons. The molecule has 3 amide bonds. The lowest BCUT2D eigenvalue weighted by molar-refractivity contribution is -0.118. The maximum absolute atomic E-state index is 13.2. The zero-order valence-corrected chi connectivity index (χ0v) is 19.0. The molecular formula is C26H27ClN4O2. The van der Waals surface area contributed by atoms with Crippen LogP contribution in [0.25, 0.3) is 0 Å². The predicted octanol–water partition coefficient (Wildman–Crippen LogP) is 5.83. The Hall–Kier alpha value is -3.51. The Kier molecular flexibility index (Phi) is 7.47. The molecule has 1 unspecified atom stereocenters. The van der Waals surface area contributed by atoms with Gasteiger partial charge in [0.2, 0.25) is 0 Å². The monoisotopic (exact) mass is 462 g/mol. The number of benzene rings is 3. The van der Waals surface area contributed by atoms with E-state index in [4.69, 9.17) is 11.6 Å². The normalized spacial score (nSPS) is 14.3. The van der Waals surface area contributed by atoms with Gasteiger partial charge >= 0.3 is 6.03 Å². The van der Waals surface area contributed by atoms with Gasteiger partial charge < -0.3 is 20.9 Å². The molecule has 1 aliphatic heterocycles. The van der Waals surface area contributed by atoms with Crippen LogP contribution in [-0.2, 0) is 4.79 Å². The van der Waals surface area contributed by atoms with E-state index in [-0.39, 0.29) is 5.91 Å². The Morgan fingerprint density at radius 2 is 1.36 bits per heavy atom. The minimum absolute atomic E-state index is 0.321. The average molecular weight is 463 g/mol. The van der Waals surface area contributed by atoms with Gasteiger partial charge in [-0.05, 0) is 73.4 Å². The van der Waals surface area contributed by atoms with Gasteiger partial charge in [0, 0.05) is 35.2 Å². The number of nitrogens with one attached hydrogen (secondary N) is 3. The van der Waals surface area contributed by atoms with Crippen molar-refractivity contribution in [2.45, 2.75) is 25.3 Å². The number of carbonyl (C=O) groups excluding carboxylic acids is 2. The molecule has 3 aromatic rings. The minimum atomic E-state index is -0.861. The number of piperidine rings is 1. The second kappa shape index (κ2) is 10.9. The van der Waals surface area contributed by atoms with E-state index in [1.54, 1.807) is 24.3 Å². The van der Waals surface area contributed by atoms with Gasteiger partial charge in [-0.1, -0.05) is 41.9 Å². The molecule has 6 nitrogen and oxygen atoms in total. The predicted molar refractivity (Wildman–Crippen MR) is 134 cm³/mol. The Morgan fingerprint density at radius 3 is 2.03 bits per heavy atom. The molecule has 3 aromatic carbocycles. The zero-order chi connectivity index (χ0) is 23.0. The largest absolute Gasteiger partial charge is 0.372 e. The van der Waals surface area contributed by atoms with Crippen LogP contribution in [0.2, 0.25) is 5.02 Å². The fourth-order valence-corrected chi connectivity index (χ4v) is 4.03. The second-order valence-electron chi connectivity index (χ2n) is 8.03. The van der Waals surface area contributed by atoms with Gasteiger partial charge in [0.25, 0.3) is 5.91 Å². The molecular weight excluding hydrogens is 436 g/mol. The fourth-order valence-electron chi connectivity index (χ4n) is 3.90. The van der Waals surface area contributed by atoms with Crippen LogP contribution < -0.4 is 20.9 Å². The number of carbonyl (C=O) groups is 2. The Labute approximate surface area is 198 Å². The quantitative estimate of drug-likeness (QED) is 0.431. The van der Waals surface area contributed by atoms with Crippen LogP contribution in [0.4, 0.5) is 21.9 Å². The third-order valence-corrected chi connectivity index (χ3v) is 5.88. The molecule has 33 heavy (non-hydrogen) atoms. The standard InChI is InChI=1S/C26H27ClN4O2/c27-20-9-11-22(12-10-20)29-26(33)30-24(19-7-3-1-4-8-19)25(32)28-21-13-15-23(16-14-21)31-17-5-2-6-18-31/h1,3-4,7-16,24H,2,5-6,17-18H2,(H,28,32)(H2,29,30,33). The highest BCUT2D eigenvalue weighted by Gasteiger charge is 2.23. The van der Waals surface area contributed by atoms with Crippen LogP contribution in [0.1, 0.15) is 30.9 Å². The number of urea groups is 1. The molecule has 1 saturated heterocycles. The molecule has 3 N–H and O–H groups in total. The molecule has 0 saturated carbocycles. The van der Waals surface area contributed by atoms with Gasteiger partial charge in [-0.25, -0.2) is 4.79 Å².